The normalized spacial score (nSPS) is 12.2. The number of hydrogen-bond acceptors (Lipinski definition) is 2. The van der Waals surface area contributed by atoms with E-state index in [0.29, 0.717) is 24.4 Å². The van der Waals surface area contributed by atoms with Gasteiger partial charge in [0.1, 0.15) is 11.9 Å². The molecule has 0 aromatic heterocycles. The molecule has 1 aromatic rings. The van der Waals surface area contributed by atoms with Gasteiger partial charge < -0.3 is 10.1 Å². The Balaban J connectivity index is 2.61. The Bertz CT molecular complexity index is 393. The van der Waals surface area contributed by atoms with Crippen LogP contribution in [0.25, 0.3) is 0 Å². The van der Waals surface area contributed by atoms with Crippen LogP contribution in [-0.4, -0.2) is 19.2 Å². The van der Waals surface area contributed by atoms with Crippen molar-refractivity contribution in [3.63, 3.8) is 0 Å². The highest BCUT2D eigenvalue weighted by atomic mass is 19.2. The SMILES string of the molecule is C=CCNCC(C)Oc1cc(F)c(F)cc1C. The van der Waals surface area contributed by atoms with E-state index in [1.165, 1.54) is 0 Å². The fourth-order valence-corrected chi connectivity index (χ4v) is 1.40. The molecule has 0 radical (unpaired) electrons. The molecule has 0 spiro atoms. The van der Waals surface area contributed by atoms with Crippen LogP contribution in [0.5, 0.6) is 5.75 Å². The maximum Gasteiger partial charge on any atom is 0.162 e. The fraction of sp³-hybridized carbons (Fsp3) is 0.385. The molecular weight excluding hydrogens is 224 g/mol. The van der Waals surface area contributed by atoms with Gasteiger partial charge in [-0.2, -0.15) is 0 Å². The van der Waals surface area contributed by atoms with Crippen molar-refractivity contribution in [2.75, 3.05) is 13.1 Å². The lowest BCUT2D eigenvalue weighted by molar-refractivity contribution is 0.216. The van der Waals surface area contributed by atoms with E-state index < -0.39 is 11.6 Å². The highest BCUT2D eigenvalue weighted by Gasteiger charge is 2.10. The van der Waals surface area contributed by atoms with Crippen LogP contribution in [-0.2, 0) is 0 Å². The van der Waals surface area contributed by atoms with E-state index in [4.69, 9.17) is 4.74 Å². The molecule has 0 aliphatic carbocycles. The van der Waals surface area contributed by atoms with Crippen molar-refractivity contribution < 1.29 is 13.5 Å². The van der Waals surface area contributed by atoms with Crippen LogP contribution < -0.4 is 10.1 Å². The van der Waals surface area contributed by atoms with Gasteiger partial charge in [-0.3, -0.25) is 0 Å². The first-order valence-electron chi connectivity index (χ1n) is 5.48. The van der Waals surface area contributed by atoms with Crippen molar-refractivity contribution in [2.45, 2.75) is 20.0 Å². The van der Waals surface area contributed by atoms with Crippen LogP contribution in [0.3, 0.4) is 0 Å². The van der Waals surface area contributed by atoms with Gasteiger partial charge in [0, 0.05) is 19.2 Å². The molecule has 2 nitrogen and oxygen atoms in total. The van der Waals surface area contributed by atoms with Crippen molar-refractivity contribution in [1.82, 2.24) is 5.32 Å². The largest absolute Gasteiger partial charge is 0.489 e. The maximum absolute atomic E-state index is 13.0. The van der Waals surface area contributed by atoms with Gasteiger partial charge in [-0.05, 0) is 25.5 Å². The zero-order valence-electron chi connectivity index (χ0n) is 10.1. The molecule has 4 heteroatoms. The van der Waals surface area contributed by atoms with Gasteiger partial charge in [0.25, 0.3) is 0 Å². The summed E-state index contributed by atoms with van der Waals surface area (Å²) in [6.45, 7) is 8.42. The van der Waals surface area contributed by atoms with Crippen LogP contribution in [0.15, 0.2) is 24.8 Å². The second kappa shape index (κ2) is 6.35. The van der Waals surface area contributed by atoms with Crippen molar-refractivity contribution in [2.24, 2.45) is 0 Å². The van der Waals surface area contributed by atoms with Gasteiger partial charge >= 0.3 is 0 Å². The smallest absolute Gasteiger partial charge is 0.162 e. The molecule has 0 amide bonds. The Kier molecular flexibility index (Phi) is 5.10. The highest BCUT2D eigenvalue weighted by molar-refractivity contribution is 5.33. The number of halogens is 2. The number of rotatable bonds is 6. The summed E-state index contributed by atoms with van der Waals surface area (Å²) in [6, 6.07) is 2.21. The molecule has 0 aliphatic rings. The summed E-state index contributed by atoms with van der Waals surface area (Å²) in [5.74, 6) is -1.37. The topological polar surface area (TPSA) is 21.3 Å². The summed E-state index contributed by atoms with van der Waals surface area (Å²) < 4.78 is 31.4. The number of nitrogens with one attached hydrogen (secondary N) is 1. The summed E-state index contributed by atoms with van der Waals surface area (Å²) in [6.07, 6.45) is 1.62. The average molecular weight is 241 g/mol. The Morgan fingerprint density at radius 2 is 2.06 bits per heavy atom. The molecule has 1 unspecified atom stereocenters. The molecule has 0 saturated carbocycles. The van der Waals surface area contributed by atoms with Crippen LogP contribution in [0, 0.1) is 18.6 Å². The quantitative estimate of drug-likeness (QED) is 0.611. The highest BCUT2D eigenvalue weighted by Crippen LogP contribution is 2.22. The second-order valence-electron chi connectivity index (χ2n) is 3.91. The molecular formula is C13H17F2NO. The first kappa shape index (κ1) is 13.6. The van der Waals surface area contributed by atoms with Gasteiger partial charge in [-0.15, -0.1) is 6.58 Å². The Morgan fingerprint density at radius 3 is 2.71 bits per heavy atom. The Hall–Kier alpha value is -1.42. The molecule has 17 heavy (non-hydrogen) atoms. The summed E-state index contributed by atoms with van der Waals surface area (Å²) in [7, 11) is 0. The molecule has 94 valence electrons. The van der Waals surface area contributed by atoms with E-state index in [0.717, 1.165) is 12.1 Å². The minimum absolute atomic E-state index is 0.126. The first-order chi connectivity index (χ1) is 8.04. The summed E-state index contributed by atoms with van der Waals surface area (Å²) >= 11 is 0. The zero-order valence-corrected chi connectivity index (χ0v) is 10.1. The van der Waals surface area contributed by atoms with Gasteiger partial charge in [0.2, 0.25) is 0 Å². The van der Waals surface area contributed by atoms with Gasteiger partial charge in [-0.1, -0.05) is 6.08 Å². The fourth-order valence-electron chi connectivity index (χ4n) is 1.40. The molecule has 0 bridgehead atoms. The third-order valence-electron chi connectivity index (χ3n) is 2.27. The standard InChI is InChI=1S/C13H17F2NO/c1-4-5-16-8-10(3)17-13-7-12(15)11(14)6-9(13)2/h4,6-7,10,16H,1,5,8H2,2-3H3. The third kappa shape index (κ3) is 4.15. The van der Waals surface area contributed by atoms with Crippen LogP contribution in [0.1, 0.15) is 12.5 Å². The molecule has 1 aromatic carbocycles. The molecule has 0 aliphatic heterocycles. The molecule has 1 N–H and O–H groups in total. The van der Waals surface area contributed by atoms with Gasteiger partial charge in [0.05, 0.1) is 0 Å². The first-order valence-corrected chi connectivity index (χ1v) is 5.48. The lowest BCUT2D eigenvalue weighted by Crippen LogP contribution is -2.29. The molecule has 0 fully saturated rings. The zero-order chi connectivity index (χ0) is 12.8. The van der Waals surface area contributed by atoms with Crippen LogP contribution in [0.4, 0.5) is 8.78 Å². The van der Waals surface area contributed by atoms with E-state index in [-0.39, 0.29) is 6.10 Å². The molecule has 0 saturated heterocycles. The third-order valence-corrected chi connectivity index (χ3v) is 2.27. The Morgan fingerprint density at radius 1 is 1.41 bits per heavy atom. The monoisotopic (exact) mass is 241 g/mol. The van der Waals surface area contributed by atoms with E-state index in [2.05, 4.69) is 11.9 Å². The number of benzene rings is 1. The van der Waals surface area contributed by atoms with E-state index in [1.54, 1.807) is 13.0 Å². The van der Waals surface area contributed by atoms with E-state index in [1.807, 2.05) is 6.92 Å². The summed E-state index contributed by atoms with van der Waals surface area (Å²) in [5, 5.41) is 3.09. The van der Waals surface area contributed by atoms with Crippen molar-refractivity contribution in [3.8, 4) is 5.75 Å². The number of hydrogen-bond donors (Lipinski definition) is 1. The molecule has 0 heterocycles. The predicted octanol–water partition coefficient (Wildman–Crippen LogP) is 2.82. The average Bonchev–Trinajstić information content (AvgIpc) is 2.26. The molecule has 1 rings (SSSR count). The second-order valence-corrected chi connectivity index (χ2v) is 3.91. The summed E-state index contributed by atoms with van der Waals surface area (Å²) in [5.41, 5.74) is 0.583. The van der Waals surface area contributed by atoms with Crippen molar-refractivity contribution >= 4 is 0 Å². The van der Waals surface area contributed by atoms with Crippen molar-refractivity contribution in [3.05, 3.63) is 42.0 Å². The van der Waals surface area contributed by atoms with Gasteiger partial charge in [0.15, 0.2) is 11.6 Å². The lowest BCUT2D eigenvalue weighted by Gasteiger charge is -2.16. The maximum atomic E-state index is 13.0. The van der Waals surface area contributed by atoms with Crippen LogP contribution in [0.2, 0.25) is 0 Å². The minimum atomic E-state index is -0.892. The van der Waals surface area contributed by atoms with E-state index >= 15 is 0 Å². The molecule has 1 atom stereocenters. The Labute approximate surface area is 100 Å². The predicted molar refractivity (Wildman–Crippen MR) is 64.3 cm³/mol. The minimum Gasteiger partial charge on any atom is -0.489 e. The van der Waals surface area contributed by atoms with E-state index in [9.17, 15) is 8.78 Å². The van der Waals surface area contributed by atoms with Crippen molar-refractivity contribution in [1.29, 1.82) is 0 Å². The van der Waals surface area contributed by atoms with Crippen LogP contribution >= 0.6 is 0 Å². The summed E-state index contributed by atoms with van der Waals surface area (Å²) in [4.78, 5) is 0. The van der Waals surface area contributed by atoms with Gasteiger partial charge in [-0.25, -0.2) is 8.78 Å². The lowest BCUT2D eigenvalue weighted by atomic mass is 10.2. The number of aryl methyl sites for hydroxylation is 1. The number of ether oxygens (including phenoxy) is 1.